The van der Waals surface area contributed by atoms with Crippen LogP contribution in [0.1, 0.15) is 87.4 Å². The topological polar surface area (TPSA) is 227 Å². The van der Waals surface area contributed by atoms with E-state index in [0.717, 1.165) is 78.5 Å². The monoisotopic (exact) mass is 1330 g/mol. The molecule has 86 heavy (non-hydrogen) atoms. The van der Waals surface area contributed by atoms with Crippen LogP contribution in [0.4, 0.5) is 11.6 Å². The number of benzene rings is 2. The van der Waals surface area contributed by atoms with E-state index in [0.29, 0.717) is 99.6 Å². The van der Waals surface area contributed by atoms with E-state index in [-0.39, 0.29) is 24.7 Å². The molecular formula is C64H80Br2N10O8Si2. The molecule has 0 saturated heterocycles. The lowest BCUT2D eigenvalue weighted by molar-refractivity contribution is -0.148. The van der Waals surface area contributed by atoms with Gasteiger partial charge in [-0.1, -0.05) is 112 Å². The summed E-state index contributed by atoms with van der Waals surface area (Å²) in [5.41, 5.74) is 14.8. The average Bonchev–Trinajstić information content (AvgIpc) is 1.81. The molecule has 6 heterocycles. The van der Waals surface area contributed by atoms with Crippen LogP contribution in [0, 0.1) is 0 Å². The second-order valence-corrected chi connectivity index (χ2v) is 38.1. The van der Waals surface area contributed by atoms with E-state index < -0.39 is 39.3 Å². The third-order valence-electron chi connectivity index (χ3n) is 16.3. The van der Waals surface area contributed by atoms with Crippen molar-refractivity contribution in [2.45, 2.75) is 139 Å². The van der Waals surface area contributed by atoms with Crippen LogP contribution in [0.25, 0.3) is 56.1 Å². The van der Waals surface area contributed by atoms with E-state index in [1.54, 1.807) is 10.7 Å². The molecule has 8 aromatic rings. The Morgan fingerprint density at radius 2 is 1.00 bits per heavy atom. The molecule has 0 aliphatic heterocycles. The highest BCUT2D eigenvalue weighted by atomic mass is 79.9. The summed E-state index contributed by atoms with van der Waals surface area (Å²) >= 11 is 7.61. The van der Waals surface area contributed by atoms with Crippen LogP contribution in [-0.4, -0.2) is 130 Å². The summed E-state index contributed by atoms with van der Waals surface area (Å²) in [6, 6.07) is 30.4. The Morgan fingerprint density at radius 1 is 0.593 bits per heavy atom. The van der Waals surface area contributed by atoms with Crippen LogP contribution >= 0.6 is 31.9 Å². The van der Waals surface area contributed by atoms with Crippen LogP contribution in [0.15, 0.2) is 119 Å². The number of hydrogen-bond donors (Lipinski definition) is 3. The van der Waals surface area contributed by atoms with E-state index in [1.807, 2.05) is 89.8 Å². The third kappa shape index (κ3) is 15.9. The summed E-state index contributed by atoms with van der Waals surface area (Å²) in [7, 11) is 0.109. The number of fused-ring (bicyclic) bond motifs is 2. The predicted molar refractivity (Wildman–Crippen MR) is 349 cm³/mol. The van der Waals surface area contributed by atoms with E-state index in [2.05, 4.69) is 104 Å². The summed E-state index contributed by atoms with van der Waals surface area (Å²) in [6.45, 7) is 16.1. The minimum absolute atomic E-state index is 0.00470. The second kappa shape index (κ2) is 27.8. The molecule has 456 valence electrons. The van der Waals surface area contributed by atoms with Crippen molar-refractivity contribution in [1.29, 1.82) is 0 Å². The molecule has 2 fully saturated rings. The standard InChI is InChI=1S/C38H54BrN5O5Si2.C26H26BrN5O3/c1-47-33(45)23-38(46)17-15-29(16-18-38)35-34(39)37(43(26-48-19-21-50(2,3)4)27-49-20-22-51(5,6)7)44-36(42-35)31(25-41-44)30-13-14-32(40-24-30)28-11-9-8-10-12-28;1-35-21(33)13-26(34)11-9-17(10-12-26)23-22(27)24(28)32-25(31-23)19(15-30-32)18-7-8-20(29-14-18)16-5-3-2-4-6-16/h8-14,24-25,29,46H,15-23,26-27H2,1-7H3;2-8,14-15,17,34H,9-13,28H2,1H3. The lowest BCUT2D eigenvalue weighted by atomic mass is 9.76. The van der Waals surface area contributed by atoms with Crippen LogP contribution < -0.4 is 10.6 Å². The minimum Gasteiger partial charge on any atom is -0.469 e. The number of carbonyl (C=O) groups excluding carboxylic acids is 2. The zero-order valence-corrected chi connectivity index (χ0v) is 55.7. The number of nitrogen functional groups attached to an aromatic ring is 1. The summed E-state index contributed by atoms with van der Waals surface area (Å²) in [4.78, 5) is 45.6. The van der Waals surface area contributed by atoms with Crippen molar-refractivity contribution in [3.05, 3.63) is 130 Å². The molecule has 2 aliphatic rings. The fraction of sp³-hybridized carbons (Fsp3) is 0.438. The molecule has 6 aromatic heterocycles. The summed E-state index contributed by atoms with van der Waals surface area (Å²) < 4.78 is 27.4. The van der Waals surface area contributed by atoms with Crippen LogP contribution in [-0.2, 0) is 28.5 Å². The number of ether oxygens (including phenoxy) is 4. The first kappa shape index (κ1) is 64.2. The number of hydrogen-bond acceptors (Lipinski definition) is 16. The van der Waals surface area contributed by atoms with Gasteiger partial charge in [-0.05, 0) is 107 Å². The van der Waals surface area contributed by atoms with Gasteiger partial charge in [-0.15, -0.1) is 0 Å². The van der Waals surface area contributed by atoms with E-state index in [1.165, 1.54) is 14.2 Å². The number of halogens is 2. The van der Waals surface area contributed by atoms with Crippen molar-refractivity contribution in [2.24, 2.45) is 0 Å². The van der Waals surface area contributed by atoms with Crippen LogP contribution in [0.2, 0.25) is 51.4 Å². The van der Waals surface area contributed by atoms with Crippen molar-refractivity contribution in [3.63, 3.8) is 0 Å². The van der Waals surface area contributed by atoms with Gasteiger partial charge in [0, 0.05) is 87.0 Å². The quantitative estimate of drug-likeness (QED) is 0.0263. The number of aromatic nitrogens is 8. The van der Waals surface area contributed by atoms with Crippen molar-refractivity contribution in [3.8, 4) is 44.8 Å². The highest BCUT2D eigenvalue weighted by molar-refractivity contribution is 9.11. The van der Waals surface area contributed by atoms with Crippen molar-refractivity contribution < 1.29 is 38.7 Å². The summed E-state index contributed by atoms with van der Waals surface area (Å²) in [5, 5.41) is 31.4. The Kier molecular flexibility index (Phi) is 20.8. The van der Waals surface area contributed by atoms with Gasteiger partial charge in [-0.25, -0.2) is 9.97 Å². The lowest BCUT2D eigenvalue weighted by Crippen LogP contribution is -2.37. The number of pyridine rings is 2. The maximum Gasteiger partial charge on any atom is 0.308 e. The molecule has 2 aromatic carbocycles. The maximum absolute atomic E-state index is 12.1. The zero-order valence-electron chi connectivity index (χ0n) is 50.6. The van der Waals surface area contributed by atoms with Gasteiger partial charge in [0.05, 0.1) is 82.4 Å². The zero-order chi connectivity index (χ0) is 61.4. The average molecular weight is 1330 g/mol. The van der Waals surface area contributed by atoms with Crippen LogP contribution in [0.5, 0.6) is 0 Å². The Labute approximate surface area is 522 Å². The number of anilines is 2. The molecule has 0 spiro atoms. The lowest BCUT2D eigenvalue weighted by Gasteiger charge is -2.36. The second-order valence-electron chi connectivity index (χ2n) is 25.3. The number of nitrogens with zero attached hydrogens (tertiary/aromatic N) is 9. The first-order chi connectivity index (χ1) is 41.0. The molecule has 4 N–H and O–H groups in total. The van der Waals surface area contributed by atoms with Gasteiger partial charge in [0.25, 0.3) is 0 Å². The highest BCUT2D eigenvalue weighted by Crippen LogP contribution is 2.46. The number of aliphatic hydroxyl groups is 2. The molecule has 22 heteroatoms. The van der Waals surface area contributed by atoms with Crippen molar-refractivity contribution in [1.82, 2.24) is 39.2 Å². The largest absolute Gasteiger partial charge is 0.469 e. The van der Waals surface area contributed by atoms with Gasteiger partial charge in [0.2, 0.25) is 0 Å². The van der Waals surface area contributed by atoms with E-state index >= 15 is 0 Å². The Morgan fingerprint density at radius 3 is 1.40 bits per heavy atom. The smallest absolute Gasteiger partial charge is 0.308 e. The molecular weight excluding hydrogens is 1250 g/mol. The molecule has 2 saturated carbocycles. The number of esters is 2. The summed E-state index contributed by atoms with van der Waals surface area (Å²) in [5.74, 6) is 0.633. The minimum atomic E-state index is -1.29. The first-order valence-corrected chi connectivity index (χ1v) is 38.5. The van der Waals surface area contributed by atoms with E-state index in [4.69, 9.17) is 44.7 Å². The van der Waals surface area contributed by atoms with Gasteiger partial charge in [-0.3, -0.25) is 19.6 Å². The molecule has 18 nitrogen and oxygen atoms in total. The highest BCUT2D eigenvalue weighted by Gasteiger charge is 2.40. The molecule has 0 unspecified atom stereocenters. The van der Waals surface area contributed by atoms with Gasteiger partial charge in [0.15, 0.2) is 17.1 Å². The summed E-state index contributed by atoms with van der Waals surface area (Å²) in [6.07, 6.45) is 12.0. The first-order valence-electron chi connectivity index (χ1n) is 29.5. The molecule has 0 bridgehead atoms. The van der Waals surface area contributed by atoms with Gasteiger partial charge in [0.1, 0.15) is 19.3 Å². The SMILES string of the molecule is COC(=O)CC1(O)CCC(c2nc3c(-c4ccc(-c5ccccc5)nc4)cnn3c(N(COCC[Si](C)(C)C)COCC[Si](C)(C)C)c2Br)CC1.COC(=O)CC1(O)CCC(c2nc3c(-c4ccc(-c5ccccc5)nc4)cnn3c(N)c2Br)CC1. The van der Waals surface area contributed by atoms with Crippen molar-refractivity contribution >= 4 is 82.9 Å². The van der Waals surface area contributed by atoms with Gasteiger partial charge >= 0.3 is 11.9 Å². The van der Waals surface area contributed by atoms with Crippen molar-refractivity contribution in [2.75, 3.05) is 51.5 Å². The number of nitrogens with two attached hydrogens (primary N) is 1. The predicted octanol–water partition coefficient (Wildman–Crippen LogP) is 13.4. The Bertz CT molecular complexity index is 3560. The normalized spacial score (nSPS) is 19.0. The molecule has 2 aliphatic carbocycles. The molecule has 0 atom stereocenters. The van der Waals surface area contributed by atoms with Crippen LogP contribution in [0.3, 0.4) is 0 Å². The number of rotatable bonds is 21. The van der Waals surface area contributed by atoms with Gasteiger partial charge in [-0.2, -0.15) is 19.2 Å². The fourth-order valence-electron chi connectivity index (χ4n) is 11.0. The molecule has 0 radical (unpaired) electrons. The number of methoxy groups -OCH3 is 2. The number of carbonyl (C=O) groups is 2. The Hall–Kier alpha value is -6.25. The van der Waals surface area contributed by atoms with E-state index in [9.17, 15) is 19.8 Å². The van der Waals surface area contributed by atoms with Gasteiger partial charge < -0.3 is 39.8 Å². The Balaban J connectivity index is 0.000000220. The molecule has 0 amide bonds. The third-order valence-corrected chi connectivity index (χ3v) is 21.3. The maximum atomic E-state index is 12.1. The fourth-order valence-corrected chi connectivity index (χ4v) is 14.0. The molecule has 10 rings (SSSR count).